The number of nitrogens with one attached hydrogen (secondary N) is 1. The van der Waals surface area contributed by atoms with Gasteiger partial charge in [-0.15, -0.1) is 0 Å². The number of hydrogen-bond acceptors (Lipinski definition) is 5. The first-order chi connectivity index (χ1) is 17.2. The van der Waals surface area contributed by atoms with E-state index in [2.05, 4.69) is 37.2 Å². The van der Waals surface area contributed by atoms with Gasteiger partial charge in [0.05, 0.1) is 4.47 Å². The van der Waals surface area contributed by atoms with Crippen LogP contribution in [0, 0.1) is 6.92 Å². The van der Waals surface area contributed by atoms with Crippen LogP contribution in [0.1, 0.15) is 30.1 Å². The van der Waals surface area contributed by atoms with Crippen molar-refractivity contribution in [2.24, 2.45) is 0 Å². The molecule has 0 heterocycles. The fraction of sp³-hybridized carbons (Fsp3) is 0.185. The molecule has 0 fully saturated rings. The number of aromatic hydroxyl groups is 1. The summed E-state index contributed by atoms with van der Waals surface area (Å²) >= 11 is 6.76. The maximum absolute atomic E-state index is 13.0. The molecular weight excluding hydrogens is 594 g/mol. The molecule has 0 unspecified atom stereocenters. The van der Waals surface area contributed by atoms with Crippen molar-refractivity contribution in [1.82, 2.24) is 0 Å². The van der Waals surface area contributed by atoms with Crippen molar-refractivity contribution < 1.29 is 29.3 Å². The molecule has 0 aromatic heterocycles. The minimum absolute atomic E-state index is 0.103. The van der Waals surface area contributed by atoms with E-state index < -0.39 is 24.3 Å². The summed E-state index contributed by atoms with van der Waals surface area (Å²) in [5, 5.41) is 22.5. The highest BCUT2D eigenvalue weighted by molar-refractivity contribution is 9.11. The van der Waals surface area contributed by atoms with Crippen molar-refractivity contribution in [3.8, 4) is 11.5 Å². The quantitative estimate of drug-likeness (QED) is 0.205. The van der Waals surface area contributed by atoms with Crippen molar-refractivity contribution in [1.29, 1.82) is 0 Å². The molecule has 3 aromatic rings. The molecule has 0 spiro atoms. The molecule has 7 nitrogen and oxygen atoms in total. The lowest BCUT2D eigenvalue weighted by atomic mass is 9.99. The van der Waals surface area contributed by atoms with Gasteiger partial charge in [0, 0.05) is 21.8 Å². The number of ether oxygens (including phenoxy) is 2. The minimum Gasteiger partial charge on any atom is -0.506 e. The van der Waals surface area contributed by atoms with Crippen LogP contribution in [0.3, 0.4) is 0 Å². The topological polar surface area (TPSA) is 105 Å². The number of benzene rings is 3. The summed E-state index contributed by atoms with van der Waals surface area (Å²) < 4.78 is 13.1. The molecule has 1 amide bonds. The smallest absolute Gasteiger partial charge is 0.412 e. The van der Waals surface area contributed by atoms with Crippen LogP contribution in [0.4, 0.5) is 10.5 Å². The van der Waals surface area contributed by atoms with Gasteiger partial charge >= 0.3 is 12.1 Å². The Balaban J connectivity index is 1.96. The van der Waals surface area contributed by atoms with E-state index in [-0.39, 0.29) is 5.75 Å². The molecule has 0 aliphatic rings. The SMILES string of the molecule is Cc1ccc(NC(=O)O[C@@H](c2cc(Br)cc(Br)c2O)[C@H](CC/C=C/C(=O)O)Oc2ccccc2)cc1. The van der Waals surface area contributed by atoms with Crippen LogP contribution in [0.25, 0.3) is 0 Å². The molecular formula is C27H25Br2NO6. The van der Waals surface area contributed by atoms with E-state index in [1.54, 1.807) is 36.4 Å². The zero-order valence-corrected chi connectivity index (χ0v) is 22.5. The summed E-state index contributed by atoms with van der Waals surface area (Å²) in [7, 11) is 0. The summed E-state index contributed by atoms with van der Waals surface area (Å²) in [5.74, 6) is -0.630. The van der Waals surface area contributed by atoms with Gasteiger partial charge in [0.2, 0.25) is 0 Å². The Morgan fingerprint density at radius 2 is 1.75 bits per heavy atom. The fourth-order valence-electron chi connectivity index (χ4n) is 3.43. The number of aliphatic carboxylic acids is 1. The molecule has 0 bridgehead atoms. The zero-order valence-electron chi connectivity index (χ0n) is 19.4. The molecule has 0 aliphatic heterocycles. The molecule has 0 saturated heterocycles. The van der Waals surface area contributed by atoms with Crippen LogP contribution in [0.5, 0.6) is 11.5 Å². The highest BCUT2D eigenvalue weighted by Crippen LogP contribution is 2.40. The number of carboxylic acids is 1. The Labute approximate surface area is 226 Å². The van der Waals surface area contributed by atoms with E-state index in [0.29, 0.717) is 38.8 Å². The second-order valence-corrected chi connectivity index (χ2v) is 9.70. The largest absolute Gasteiger partial charge is 0.506 e. The number of anilines is 1. The van der Waals surface area contributed by atoms with Gasteiger partial charge in [-0.1, -0.05) is 57.9 Å². The first-order valence-corrected chi connectivity index (χ1v) is 12.6. The number of aryl methyl sites for hydroxylation is 1. The number of hydrogen-bond donors (Lipinski definition) is 3. The van der Waals surface area contributed by atoms with Gasteiger partial charge in [0.25, 0.3) is 0 Å². The number of carboxylic acid groups (broad SMARTS) is 1. The van der Waals surface area contributed by atoms with E-state index in [0.717, 1.165) is 11.6 Å². The van der Waals surface area contributed by atoms with Crippen LogP contribution in [-0.2, 0) is 9.53 Å². The number of carbonyl (C=O) groups excluding carboxylic acids is 1. The van der Waals surface area contributed by atoms with Crippen LogP contribution in [-0.4, -0.2) is 28.4 Å². The minimum atomic E-state index is -1.06. The molecule has 9 heteroatoms. The van der Waals surface area contributed by atoms with E-state index in [1.807, 2.05) is 37.3 Å². The lowest BCUT2D eigenvalue weighted by Crippen LogP contribution is -2.31. The van der Waals surface area contributed by atoms with Crippen molar-refractivity contribution in [3.63, 3.8) is 0 Å². The van der Waals surface area contributed by atoms with Crippen molar-refractivity contribution in [2.75, 3.05) is 5.32 Å². The number of allylic oxidation sites excluding steroid dienone is 1. The number of rotatable bonds is 10. The maximum atomic E-state index is 13.0. The third-order valence-electron chi connectivity index (χ3n) is 5.14. The van der Waals surface area contributed by atoms with Crippen LogP contribution >= 0.6 is 31.9 Å². The van der Waals surface area contributed by atoms with E-state index in [4.69, 9.17) is 14.6 Å². The molecule has 3 aromatic carbocycles. The molecule has 2 atom stereocenters. The maximum Gasteiger partial charge on any atom is 0.412 e. The number of halogens is 2. The average Bonchev–Trinajstić information content (AvgIpc) is 2.84. The summed E-state index contributed by atoms with van der Waals surface area (Å²) in [6.45, 7) is 1.94. The van der Waals surface area contributed by atoms with Gasteiger partial charge in [-0.25, -0.2) is 9.59 Å². The second kappa shape index (κ2) is 13.1. The van der Waals surface area contributed by atoms with E-state index >= 15 is 0 Å². The molecule has 3 rings (SSSR count). The number of amides is 1. The monoisotopic (exact) mass is 617 g/mol. The van der Waals surface area contributed by atoms with Crippen molar-refractivity contribution >= 4 is 49.6 Å². The molecule has 36 heavy (non-hydrogen) atoms. The third-order valence-corrected chi connectivity index (χ3v) is 6.21. The van der Waals surface area contributed by atoms with E-state index in [1.165, 1.54) is 6.08 Å². The Morgan fingerprint density at radius 3 is 2.42 bits per heavy atom. The highest BCUT2D eigenvalue weighted by Gasteiger charge is 2.32. The first-order valence-electron chi connectivity index (χ1n) is 11.1. The van der Waals surface area contributed by atoms with Gasteiger partial charge in [-0.2, -0.15) is 0 Å². The molecule has 188 valence electrons. The first kappa shape index (κ1) is 27.3. The van der Waals surface area contributed by atoms with Crippen molar-refractivity contribution in [2.45, 2.75) is 32.0 Å². The molecule has 3 N–H and O–H groups in total. The number of phenolic OH excluding ortho intramolecular Hbond substituents is 1. The standard InChI is InChI=1S/C27H25Br2NO6/c1-17-11-13-19(14-12-17)30-27(34)36-26(21-15-18(28)16-22(29)25(21)33)23(9-5-6-10-24(31)32)35-20-7-3-2-4-8-20/h2-4,6-8,10-16,23,26,33H,5,9H2,1H3,(H,30,34)(H,31,32)/b10-6+/t23-,26-/m0/s1. The number of carbonyl (C=O) groups is 2. The van der Waals surface area contributed by atoms with Crippen LogP contribution in [0.15, 0.2) is 87.8 Å². The Hall–Kier alpha value is -3.30. The summed E-state index contributed by atoms with van der Waals surface area (Å²) in [6, 6.07) is 19.6. The van der Waals surface area contributed by atoms with Gasteiger partial charge in [0.1, 0.15) is 17.6 Å². The third kappa shape index (κ3) is 8.13. The Bertz CT molecular complexity index is 1210. The normalized spacial score (nSPS) is 12.6. The number of phenols is 1. The Kier molecular flexibility index (Phi) is 9.95. The lowest BCUT2D eigenvalue weighted by Gasteiger charge is -2.29. The van der Waals surface area contributed by atoms with Gasteiger partial charge < -0.3 is 19.7 Å². The molecule has 0 aliphatic carbocycles. The van der Waals surface area contributed by atoms with Gasteiger partial charge in [0.15, 0.2) is 6.10 Å². The van der Waals surface area contributed by atoms with E-state index in [9.17, 15) is 14.7 Å². The second-order valence-electron chi connectivity index (χ2n) is 7.93. The lowest BCUT2D eigenvalue weighted by molar-refractivity contribution is -0.131. The van der Waals surface area contributed by atoms with Gasteiger partial charge in [-0.3, -0.25) is 5.32 Å². The predicted molar refractivity (Wildman–Crippen MR) is 144 cm³/mol. The summed E-state index contributed by atoms with van der Waals surface area (Å²) in [6.07, 6.45) is 0.645. The summed E-state index contributed by atoms with van der Waals surface area (Å²) in [4.78, 5) is 23.9. The van der Waals surface area contributed by atoms with Crippen LogP contribution < -0.4 is 10.1 Å². The molecule has 0 radical (unpaired) electrons. The Morgan fingerprint density at radius 1 is 1.06 bits per heavy atom. The average molecular weight is 619 g/mol. The predicted octanol–water partition coefficient (Wildman–Crippen LogP) is 7.38. The number of para-hydroxylation sites is 1. The fourth-order valence-corrected chi connectivity index (χ4v) is 4.69. The molecule has 0 saturated carbocycles. The zero-order chi connectivity index (χ0) is 26.1. The van der Waals surface area contributed by atoms with Crippen LogP contribution in [0.2, 0.25) is 0 Å². The summed E-state index contributed by atoms with van der Waals surface area (Å²) in [5.41, 5.74) is 1.91. The van der Waals surface area contributed by atoms with Gasteiger partial charge in [-0.05, 0) is 72.1 Å². The highest BCUT2D eigenvalue weighted by atomic mass is 79.9. The van der Waals surface area contributed by atoms with Crippen molar-refractivity contribution in [3.05, 3.63) is 99.0 Å².